The average Bonchev–Trinajstić information content (AvgIpc) is 2.79. The van der Waals surface area contributed by atoms with E-state index < -0.39 is 17.4 Å². The van der Waals surface area contributed by atoms with Gasteiger partial charge in [-0.2, -0.15) is 0 Å². The maximum atomic E-state index is 13.4. The number of Topliss-reactive ketones (excluding diaryl/α,β-unsaturated/α-hetero) is 1. The Morgan fingerprint density at radius 1 is 1.45 bits per heavy atom. The molecular weight excluding hydrogens is 286 g/mol. The lowest BCUT2D eigenvalue weighted by molar-refractivity contribution is 0.101. The summed E-state index contributed by atoms with van der Waals surface area (Å²) < 4.78 is 28.1. The van der Waals surface area contributed by atoms with Gasteiger partial charge < -0.3 is 9.67 Å². The number of carbonyl (C=O) groups excluding carboxylic acids is 1. The van der Waals surface area contributed by atoms with Gasteiger partial charge in [0.2, 0.25) is 0 Å². The fourth-order valence-electron chi connectivity index (χ4n) is 1.63. The van der Waals surface area contributed by atoms with Crippen molar-refractivity contribution in [1.29, 1.82) is 0 Å². The van der Waals surface area contributed by atoms with Crippen LogP contribution in [0.1, 0.15) is 16.1 Å². The minimum atomic E-state index is -0.743. The summed E-state index contributed by atoms with van der Waals surface area (Å²) >= 11 is 1.10. The van der Waals surface area contributed by atoms with Crippen molar-refractivity contribution in [2.75, 3.05) is 5.75 Å². The number of hydrogen-bond acceptors (Lipinski definition) is 4. The van der Waals surface area contributed by atoms with Gasteiger partial charge in [-0.25, -0.2) is 13.8 Å². The number of ketones is 1. The summed E-state index contributed by atoms with van der Waals surface area (Å²) in [6.07, 6.45) is 1.50. The van der Waals surface area contributed by atoms with E-state index in [4.69, 9.17) is 5.11 Å². The van der Waals surface area contributed by atoms with Gasteiger partial charge in [-0.1, -0.05) is 11.8 Å². The Kier molecular flexibility index (Phi) is 4.51. The van der Waals surface area contributed by atoms with Crippen molar-refractivity contribution in [2.24, 2.45) is 7.05 Å². The van der Waals surface area contributed by atoms with Crippen LogP contribution in [0.3, 0.4) is 0 Å². The van der Waals surface area contributed by atoms with Crippen LogP contribution in [-0.4, -0.2) is 26.2 Å². The number of hydrogen-bond donors (Lipinski definition) is 1. The summed E-state index contributed by atoms with van der Waals surface area (Å²) in [5, 5.41) is 9.55. The van der Waals surface area contributed by atoms with Gasteiger partial charge >= 0.3 is 0 Å². The fourth-order valence-corrected chi connectivity index (χ4v) is 2.48. The minimum absolute atomic E-state index is 0.0594. The lowest BCUT2D eigenvalue weighted by Crippen LogP contribution is -2.07. The zero-order valence-electron chi connectivity index (χ0n) is 10.6. The van der Waals surface area contributed by atoms with Crippen LogP contribution in [0, 0.1) is 11.6 Å². The zero-order chi connectivity index (χ0) is 14.7. The van der Waals surface area contributed by atoms with Crippen molar-refractivity contribution in [1.82, 2.24) is 9.55 Å². The van der Waals surface area contributed by atoms with Crippen LogP contribution in [0.25, 0.3) is 0 Å². The van der Waals surface area contributed by atoms with E-state index in [1.807, 2.05) is 0 Å². The predicted octanol–water partition coefficient (Wildman–Crippen LogP) is 2.17. The Morgan fingerprint density at radius 2 is 2.20 bits per heavy atom. The molecule has 1 N–H and O–H groups in total. The Morgan fingerprint density at radius 3 is 2.85 bits per heavy atom. The molecular formula is C13H12F2N2O2S. The molecule has 0 spiro atoms. The second-order valence-electron chi connectivity index (χ2n) is 4.09. The number of rotatable bonds is 5. The number of carbonyl (C=O) groups is 1. The molecule has 2 rings (SSSR count). The average molecular weight is 298 g/mol. The van der Waals surface area contributed by atoms with Crippen molar-refractivity contribution in [3.05, 3.63) is 47.3 Å². The molecule has 0 amide bonds. The van der Waals surface area contributed by atoms with Gasteiger partial charge in [0.1, 0.15) is 11.6 Å². The van der Waals surface area contributed by atoms with E-state index in [9.17, 15) is 13.6 Å². The summed E-state index contributed by atoms with van der Waals surface area (Å²) in [6.45, 7) is -0.156. The van der Waals surface area contributed by atoms with Gasteiger partial charge in [0.15, 0.2) is 10.9 Å². The molecule has 0 saturated heterocycles. The second kappa shape index (κ2) is 6.15. The van der Waals surface area contributed by atoms with Crippen LogP contribution in [0.5, 0.6) is 0 Å². The van der Waals surface area contributed by atoms with Crippen molar-refractivity contribution in [3.8, 4) is 0 Å². The van der Waals surface area contributed by atoms with Crippen molar-refractivity contribution < 1.29 is 18.7 Å². The largest absolute Gasteiger partial charge is 0.390 e. The molecule has 0 bridgehead atoms. The molecule has 20 heavy (non-hydrogen) atoms. The molecule has 0 saturated carbocycles. The molecule has 0 fully saturated rings. The number of nitrogens with zero attached hydrogens (tertiary/aromatic N) is 2. The fraction of sp³-hybridized carbons (Fsp3) is 0.231. The van der Waals surface area contributed by atoms with Crippen LogP contribution >= 0.6 is 11.8 Å². The molecule has 2 aromatic rings. The highest BCUT2D eigenvalue weighted by atomic mass is 32.2. The van der Waals surface area contributed by atoms with Crippen LogP contribution < -0.4 is 0 Å². The highest BCUT2D eigenvalue weighted by Gasteiger charge is 2.15. The highest BCUT2D eigenvalue weighted by Crippen LogP contribution is 2.20. The first-order valence-corrected chi connectivity index (χ1v) is 6.74. The molecule has 1 aromatic heterocycles. The number of benzene rings is 1. The SMILES string of the molecule is Cn1c(CO)cnc1SCC(=O)c1cc(F)ccc1F. The molecule has 0 aliphatic rings. The summed E-state index contributed by atoms with van der Waals surface area (Å²) in [7, 11) is 1.70. The van der Waals surface area contributed by atoms with Gasteiger partial charge in [0.05, 0.1) is 29.8 Å². The standard InChI is InChI=1S/C13H12F2N2O2S/c1-17-9(6-18)5-16-13(17)20-7-12(19)10-4-8(14)2-3-11(10)15/h2-5,18H,6-7H2,1H3. The quantitative estimate of drug-likeness (QED) is 0.679. The van der Waals surface area contributed by atoms with Gasteiger partial charge in [0.25, 0.3) is 0 Å². The summed E-state index contributed by atoms with van der Waals surface area (Å²) in [5.74, 6) is -1.97. The molecule has 0 aliphatic carbocycles. The first kappa shape index (κ1) is 14.7. The second-order valence-corrected chi connectivity index (χ2v) is 5.03. The zero-order valence-corrected chi connectivity index (χ0v) is 11.5. The number of thioether (sulfide) groups is 1. The maximum Gasteiger partial charge on any atom is 0.176 e. The topological polar surface area (TPSA) is 55.1 Å². The van der Waals surface area contributed by atoms with Crippen LogP contribution in [0.15, 0.2) is 29.6 Å². The maximum absolute atomic E-state index is 13.4. The number of aliphatic hydroxyl groups is 1. The summed E-state index contributed by atoms with van der Waals surface area (Å²) in [6, 6.07) is 2.78. The molecule has 1 aromatic carbocycles. The van der Waals surface area contributed by atoms with Crippen LogP contribution in [0.4, 0.5) is 8.78 Å². The van der Waals surface area contributed by atoms with E-state index in [1.54, 1.807) is 11.6 Å². The molecule has 106 valence electrons. The van der Waals surface area contributed by atoms with Gasteiger partial charge in [-0.3, -0.25) is 4.79 Å². The lowest BCUT2D eigenvalue weighted by atomic mass is 10.1. The summed E-state index contributed by atoms with van der Waals surface area (Å²) in [4.78, 5) is 15.9. The van der Waals surface area contributed by atoms with Gasteiger partial charge in [-0.05, 0) is 18.2 Å². The minimum Gasteiger partial charge on any atom is -0.390 e. The van der Waals surface area contributed by atoms with E-state index in [0.717, 1.165) is 30.0 Å². The normalized spacial score (nSPS) is 10.8. The highest BCUT2D eigenvalue weighted by molar-refractivity contribution is 7.99. The van der Waals surface area contributed by atoms with Crippen LogP contribution in [0.2, 0.25) is 0 Å². The Labute approximate surface area is 118 Å². The smallest absolute Gasteiger partial charge is 0.176 e. The predicted molar refractivity (Wildman–Crippen MR) is 70.5 cm³/mol. The third-order valence-corrected chi connectivity index (χ3v) is 3.81. The molecule has 0 atom stereocenters. The van der Waals surface area contributed by atoms with Crippen molar-refractivity contribution in [3.63, 3.8) is 0 Å². The molecule has 1 heterocycles. The third-order valence-electron chi connectivity index (χ3n) is 2.76. The van der Waals surface area contributed by atoms with Crippen LogP contribution in [-0.2, 0) is 13.7 Å². The lowest BCUT2D eigenvalue weighted by Gasteiger charge is -2.04. The molecule has 7 heteroatoms. The van der Waals surface area contributed by atoms with Gasteiger partial charge in [0, 0.05) is 7.05 Å². The first-order valence-electron chi connectivity index (χ1n) is 5.75. The van der Waals surface area contributed by atoms with Crippen molar-refractivity contribution in [2.45, 2.75) is 11.8 Å². The molecule has 0 unspecified atom stereocenters. The number of imidazole rings is 1. The van der Waals surface area contributed by atoms with E-state index in [-0.39, 0.29) is 17.9 Å². The third kappa shape index (κ3) is 3.05. The van der Waals surface area contributed by atoms with Gasteiger partial charge in [-0.15, -0.1) is 0 Å². The van der Waals surface area contributed by atoms with E-state index in [0.29, 0.717) is 10.9 Å². The molecule has 0 radical (unpaired) electrons. The Hall–Kier alpha value is -1.73. The van der Waals surface area contributed by atoms with E-state index in [2.05, 4.69) is 4.98 Å². The Bertz CT molecular complexity index is 643. The first-order chi connectivity index (χ1) is 9.52. The number of halogens is 2. The van der Waals surface area contributed by atoms with E-state index >= 15 is 0 Å². The van der Waals surface area contributed by atoms with E-state index in [1.165, 1.54) is 6.20 Å². The van der Waals surface area contributed by atoms with Crippen molar-refractivity contribution >= 4 is 17.5 Å². The molecule has 0 aliphatic heterocycles. The number of aromatic nitrogens is 2. The number of aliphatic hydroxyl groups excluding tert-OH is 1. The Balaban J connectivity index is 2.08. The molecule has 4 nitrogen and oxygen atoms in total. The summed E-state index contributed by atoms with van der Waals surface area (Å²) in [5.41, 5.74) is 0.339. The monoisotopic (exact) mass is 298 g/mol.